The predicted octanol–water partition coefficient (Wildman–Crippen LogP) is 3.33. The Morgan fingerprint density at radius 3 is 2.68 bits per heavy atom. The first-order chi connectivity index (χ1) is 15.0. The van der Waals surface area contributed by atoms with Gasteiger partial charge in [0.05, 0.1) is 7.11 Å². The van der Waals surface area contributed by atoms with Crippen molar-refractivity contribution in [2.45, 2.75) is 39.0 Å². The summed E-state index contributed by atoms with van der Waals surface area (Å²) >= 11 is 0. The first-order valence-electron chi connectivity index (χ1n) is 10.3. The number of anilines is 1. The zero-order valence-electron chi connectivity index (χ0n) is 18.1. The molecule has 1 aromatic carbocycles. The minimum atomic E-state index is -2.91. The van der Waals surface area contributed by atoms with Crippen LogP contribution in [0, 0.1) is 6.92 Å². The molecule has 3 rings (SSSR count). The van der Waals surface area contributed by atoms with Crippen LogP contribution in [-0.2, 0) is 6.54 Å². The third-order valence-corrected chi connectivity index (χ3v) is 5.19. The highest BCUT2D eigenvalue weighted by molar-refractivity contribution is 5.80. The zero-order chi connectivity index (χ0) is 22.2. The first-order valence-corrected chi connectivity index (χ1v) is 10.3. The van der Waals surface area contributed by atoms with Crippen LogP contribution < -0.4 is 25.0 Å². The Balaban J connectivity index is 1.54. The monoisotopic (exact) mass is 433 g/mol. The SMILES string of the molecule is CN=C(NCc1ccc(OC)cc1OC(F)F)NC1CCN(c2cccc(C)n2)CC1. The average Bonchev–Trinajstić information content (AvgIpc) is 2.77. The van der Waals surface area contributed by atoms with Crippen molar-refractivity contribution in [3.8, 4) is 11.5 Å². The number of benzene rings is 1. The van der Waals surface area contributed by atoms with Crippen LogP contribution in [-0.4, -0.2) is 50.8 Å². The molecule has 0 atom stereocenters. The highest BCUT2D eigenvalue weighted by Crippen LogP contribution is 2.26. The Labute approximate surface area is 181 Å². The second kappa shape index (κ2) is 10.8. The van der Waals surface area contributed by atoms with Gasteiger partial charge in [-0.3, -0.25) is 4.99 Å². The Kier molecular flexibility index (Phi) is 7.86. The fourth-order valence-corrected chi connectivity index (χ4v) is 3.54. The molecule has 1 aliphatic rings. The molecular weight excluding hydrogens is 404 g/mol. The Bertz CT molecular complexity index is 886. The summed E-state index contributed by atoms with van der Waals surface area (Å²) in [6.07, 6.45) is 1.89. The van der Waals surface area contributed by atoms with Crippen molar-refractivity contribution < 1.29 is 18.3 Å². The maximum Gasteiger partial charge on any atom is 0.387 e. The van der Waals surface area contributed by atoms with Gasteiger partial charge in [-0.1, -0.05) is 6.07 Å². The fraction of sp³-hybridized carbons (Fsp3) is 0.455. The van der Waals surface area contributed by atoms with Gasteiger partial charge in [-0.15, -0.1) is 0 Å². The molecule has 1 fully saturated rings. The molecule has 0 saturated carbocycles. The number of nitrogens with zero attached hydrogens (tertiary/aromatic N) is 3. The number of guanidine groups is 1. The highest BCUT2D eigenvalue weighted by Gasteiger charge is 2.21. The number of aliphatic imine (C=N–C) groups is 1. The lowest BCUT2D eigenvalue weighted by atomic mass is 10.1. The van der Waals surface area contributed by atoms with E-state index >= 15 is 0 Å². The van der Waals surface area contributed by atoms with Crippen LogP contribution in [0.3, 0.4) is 0 Å². The van der Waals surface area contributed by atoms with E-state index in [9.17, 15) is 8.78 Å². The Hall–Kier alpha value is -3.10. The summed E-state index contributed by atoms with van der Waals surface area (Å²) in [5.74, 6) is 2.16. The number of nitrogens with one attached hydrogen (secondary N) is 2. The van der Waals surface area contributed by atoms with E-state index in [4.69, 9.17) is 4.74 Å². The van der Waals surface area contributed by atoms with Gasteiger partial charge in [0.15, 0.2) is 5.96 Å². The van der Waals surface area contributed by atoms with Crippen molar-refractivity contribution in [1.82, 2.24) is 15.6 Å². The smallest absolute Gasteiger partial charge is 0.387 e. The van der Waals surface area contributed by atoms with Crippen LogP contribution in [0.15, 0.2) is 41.4 Å². The van der Waals surface area contributed by atoms with Gasteiger partial charge in [0.1, 0.15) is 17.3 Å². The quantitative estimate of drug-likeness (QED) is 0.516. The summed E-state index contributed by atoms with van der Waals surface area (Å²) in [4.78, 5) is 11.1. The Morgan fingerprint density at radius 2 is 2.03 bits per heavy atom. The number of hydrogen-bond donors (Lipinski definition) is 2. The zero-order valence-corrected chi connectivity index (χ0v) is 18.1. The van der Waals surface area contributed by atoms with Gasteiger partial charge in [0.2, 0.25) is 0 Å². The fourth-order valence-electron chi connectivity index (χ4n) is 3.54. The number of hydrogen-bond acceptors (Lipinski definition) is 5. The van der Waals surface area contributed by atoms with Crippen LogP contribution in [0.4, 0.5) is 14.6 Å². The lowest BCUT2D eigenvalue weighted by Crippen LogP contribution is -2.48. The maximum atomic E-state index is 12.8. The van der Waals surface area contributed by atoms with Gasteiger partial charge in [0.25, 0.3) is 0 Å². The average molecular weight is 434 g/mol. The summed E-state index contributed by atoms with van der Waals surface area (Å²) in [5.41, 5.74) is 1.60. The molecule has 2 aromatic rings. The molecule has 0 radical (unpaired) electrons. The molecule has 0 bridgehead atoms. The van der Waals surface area contributed by atoms with E-state index in [2.05, 4.69) is 30.2 Å². The van der Waals surface area contributed by atoms with Crippen LogP contribution in [0.5, 0.6) is 11.5 Å². The second-order valence-electron chi connectivity index (χ2n) is 7.32. The third-order valence-electron chi connectivity index (χ3n) is 5.19. The van der Waals surface area contributed by atoms with Gasteiger partial charge in [-0.2, -0.15) is 8.78 Å². The lowest BCUT2D eigenvalue weighted by Gasteiger charge is -2.34. The number of halogens is 2. The van der Waals surface area contributed by atoms with Crippen molar-refractivity contribution in [2.24, 2.45) is 4.99 Å². The number of methoxy groups -OCH3 is 1. The highest BCUT2D eigenvalue weighted by atomic mass is 19.3. The molecule has 0 aliphatic carbocycles. The number of pyridine rings is 1. The molecule has 7 nitrogen and oxygen atoms in total. The van der Waals surface area contributed by atoms with Gasteiger partial charge in [0, 0.05) is 50.0 Å². The largest absolute Gasteiger partial charge is 0.497 e. The molecule has 0 amide bonds. The number of rotatable bonds is 7. The molecule has 31 heavy (non-hydrogen) atoms. The van der Waals surface area contributed by atoms with Crippen LogP contribution in [0.2, 0.25) is 0 Å². The van der Waals surface area contributed by atoms with Crippen LogP contribution >= 0.6 is 0 Å². The molecule has 1 saturated heterocycles. The first kappa shape index (κ1) is 22.6. The second-order valence-corrected chi connectivity index (χ2v) is 7.32. The summed E-state index contributed by atoms with van der Waals surface area (Å²) in [6.45, 7) is 1.17. The van der Waals surface area contributed by atoms with E-state index < -0.39 is 6.61 Å². The number of aryl methyl sites for hydroxylation is 1. The van der Waals surface area contributed by atoms with Crippen molar-refractivity contribution in [1.29, 1.82) is 0 Å². The van der Waals surface area contributed by atoms with Crippen molar-refractivity contribution in [2.75, 3.05) is 32.1 Å². The number of alkyl halides is 2. The molecule has 168 valence electrons. The van der Waals surface area contributed by atoms with E-state index in [1.807, 2.05) is 25.1 Å². The van der Waals surface area contributed by atoms with Crippen LogP contribution in [0.1, 0.15) is 24.1 Å². The minimum absolute atomic E-state index is 0.0799. The van der Waals surface area contributed by atoms with Gasteiger partial charge < -0.3 is 25.0 Å². The van der Waals surface area contributed by atoms with Crippen molar-refractivity contribution in [3.05, 3.63) is 47.7 Å². The number of aromatic nitrogens is 1. The summed E-state index contributed by atoms with van der Waals surface area (Å²) in [7, 11) is 3.16. The molecule has 2 heterocycles. The van der Waals surface area contributed by atoms with Gasteiger partial charge in [-0.05, 0) is 44.0 Å². The number of ether oxygens (including phenoxy) is 2. The van der Waals surface area contributed by atoms with Crippen LogP contribution in [0.25, 0.3) is 0 Å². The molecular formula is C22H29F2N5O2. The molecule has 9 heteroatoms. The lowest BCUT2D eigenvalue weighted by molar-refractivity contribution is -0.0505. The van der Waals surface area contributed by atoms with Crippen molar-refractivity contribution in [3.63, 3.8) is 0 Å². The normalized spacial score (nSPS) is 15.2. The van der Waals surface area contributed by atoms with E-state index in [-0.39, 0.29) is 18.3 Å². The molecule has 0 spiro atoms. The third kappa shape index (κ3) is 6.44. The molecule has 0 unspecified atom stereocenters. The number of piperidine rings is 1. The summed E-state index contributed by atoms with van der Waals surface area (Å²) in [5, 5.41) is 6.60. The van der Waals surface area contributed by atoms with Gasteiger partial charge in [-0.25, -0.2) is 4.98 Å². The standard InChI is InChI=1S/C22H29F2N5O2/c1-15-5-4-6-20(27-15)29-11-9-17(10-12-29)28-22(25-2)26-14-16-7-8-18(30-3)13-19(16)31-21(23)24/h4-8,13,17,21H,9-12,14H2,1-3H3,(H2,25,26,28). The molecule has 1 aliphatic heterocycles. The molecule has 2 N–H and O–H groups in total. The van der Waals surface area contributed by atoms with E-state index in [0.29, 0.717) is 17.3 Å². The van der Waals surface area contributed by atoms with Gasteiger partial charge >= 0.3 is 6.61 Å². The summed E-state index contributed by atoms with van der Waals surface area (Å²) < 4.78 is 35.3. The predicted molar refractivity (Wildman–Crippen MR) is 117 cm³/mol. The van der Waals surface area contributed by atoms with Crippen molar-refractivity contribution >= 4 is 11.8 Å². The Morgan fingerprint density at radius 1 is 1.26 bits per heavy atom. The van der Waals surface area contributed by atoms with E-state index in [0.717, 1.165) is 37.4 Å². The summed E-state index contributed by atoms with van der Waals surface area (Å²) in [6, 6.07) is 11.2. The maximum absolute atomic E-state index is 12.8. The molecule has 1 aromatic heterocycles. The van der Waals surface area contributed by atoms with E-state index in [1.165, 1.54) is 13.2 Å². The van der Waals surface area contributed by atoms with E-state index in [1.54, 1.807) is 19.2 Å². The minimum Gasteiger partial charge on any atom is -0.497 e. The topological polar surface area (TPSA) is 71.0 Å².